The van der Waals surface area contributed by atoms with Crippen LogP contribution in [0, 0.1) is 0 Å². The van der Waals surface area contributed by atoms with Crippen molar-refractivity contribution in [1.82, 2.24) is 0 Å². The second kappa shape index (κ2) is 8.84. The third-order valence-corrected chi connectivity index (χ3v) is 3.36. The first-order chi connectivity index (χ1) is 12.0. The number of nitrogens with one attached hydrogen (secondary N) is 1. The van der Waals surface area contributed by atoms with E-state index in [1.807, 2.05) is 0 Å². The van der Waals surface area contributed by atoms with E-state index in [0.717, 1.165) is 0 Å². The Kier molecular flexibility index (Phi) is 6.54. The van der Waals surface area contributed by atoms with Gasteiger partial charge < -0.3 is 14.8 Å². The summed E-state index contributed by atoms with van der Waals surface area (Å²) >= 11 is 5.74. The van der Waals surface area contributed by atoms with Gasteiger partial charge in [-0.05, 0) is 43.3 Å². The van der Waals surface area contributed by atoms with E-state index in [2.05, 4.69) is 5.32 Å². The summed E-state index contributed by atoms with van der Waals surface area (Å²) in [7, 11) is 0. The van der Waals surface area contributed by atoms with Gasteiger partial charge in [0.05, 0.1) is 23.4 Å². The smallest absolute Gasteiger partial charge is 0.340 e. The fourth-order valence-corrected chi connectivity index (χ4v) is 2.09. The van der Waals surface area contributed by atoms with Gasteiger partial charge in [-0.2, -0.15) is 0 Å². The third kappa shape index (κ3) is 5.32. The van der Waals surface area contributed by atoms with Crippen molar-refractivity contribution in [2.24, 2.45) is 0 Å². The van der Waals surface area contributed by atoms with Crippen molar-refractivity contribution in [2.75, 3.05) is 18.5 Å². The lowest BCUT2D eigenvalue weighted by Crippen LogP contribution is -2.22. The molecule has 0 heterocycles. The molecule has 0 aliphatic rings. The summed E-state index contributed by atoms with van der Waals surface area (Å²) in [5.41, 5.74) is 0.791. The molecule has 0 fully saturated rings. The van der Waals surface area contributed by atoms with E-state index in [-0.39, 0.29) is 23.4 Å². The van der Waals surface area contributed by atoms with E-state index in [4.69, 9.17) is 21.1 Å². The number of amides is 1. The molecule has 2 rings (SSSR count). The summed E-state index contributed by atoms with van der Waals surface area (Å²) < 4.78 is 9.87. The van der Waals surface area contributed by atoms with Crippen molar-refractivity contribution in [2.45, 2.75) is 6.92 Å². The molecule has 0 aromatic heterocycles. The number of para-hydroxylation sites is 1. The second-order valence-corrected chi connectivity index (χ2v) is 5.33. The number of carbonyl (C=O) groups is 3. The van der Waals surface area contributed by atoms with E-state index in [9.17, 15) is 14.4 Å². The Morgan fingerprint density at radius 1 is 0.960 bits per heavy atom. The molecule has 1 amide bonds. The molecule has 1 N–H and O–H groups in total. The summed E-state index contributed by atoms with van der Waals surface area (Å²) in [5.74, 6) is -1.76. The summed E-state index contributed by atoms with van der Waals surface area (Å²) in [6, 6.07) is 12.5. The van der Waals surface area contributed by atoms with Crippen LogP contribution in [0.3, 0.4) is 0 Å². The van der Waals surface area contributed by atoms with Crippen molar-refractivity contribution in [3.05, 3.63) is 64.7 Å². The molecule has 2 aromatic rings. The van der Waals surface area contributed by atoms with Gasteiger partial charge in [-0.3, -0.25) is 4.79 Å². The molecule has 0 saturated heterocycles. The van der Waals surface area contributed by atoms with Gasteiger partial charge in [0.25, 0.3) is 5.91 Å². The van der Waals surface area contributed by atoms with E-state index in [1.54, 1.807) is 37.3 Å². The molecule has 7 heteroatoms. The zero-order chi connectivity index (χ0) is 18.2. The highest BCUT2D eigenvalue weighted by atomic mass is 35.5. The second-order valence-electron chi connectivity index (χ2n) is 4.90. The Morgan fingerprint density at radius 2 is 1.64 bits per heavy atom. The zero-order valence-corrected chi connectivity index (χ0v) is 14.2. The van der Waals surface area contributed by atoms with Crippen LogP contribution in [0.25, 0.3) is 0 Å². The van der Waals surface area contributed by atoms with Gasteiger partial charge in [-0.1, -0.05) is 23.7 Å². The first kappa shape index (κ1) is 18.5. The minimum absolute atomic E-state index is 0.222. The molecule has 6 nitrogen and oxygen atoms in total. The van der Waals surface area contributed by atoms with Gasteiger partial charge in [0.2, 0.25) is 0 Å². The molecule has 0 atom stereocenters. The Hall–Kier alpha value is -2.86. The molecule has 25 heavy (non-hydrogen) atoms. The van der Waals surface area contributed by atoms with E-state index in [1.165, 1.54) is 18.2 Å². The van der Waals surface area contributed by atoms with Gasteiger partial charge >= 0.3 is 11.9 Å². The van der Waals surface area contributed by atoms with Crippen LogP contribution in [0.1, 0.15) is 27.6 Å². The molecule has 0 bridgehead atoms. The lowest BCUT2D eigenvalue weighted by Gasteiger charge is -2.10. The Balaban J connectivity index is 1.95. The first-order valence-corrected chi connectivity index (χ1v) is 7.87. The lowest BCUT2D eigenvalue weighted by molar-refractivity contribution is -0.119. The van der Waals surface area contributed by atoms with Crippen molar-refractivity contribution in [3.63, 3.8) is 0 Å². The Morgan fingerprint density at radius 3 is 2.32 bits per heavy atom. The van der Waals surface area contributed by atoms with E-state index in [0.29, 0.717) is 5.02 Å². The van der Waals surface area contributed by atoms with Crippen LogP contribution in [0.2, 0.25) is 5.02 Å². The average Bonchev–Trinajstić information content (AvgIpc) is 2.61. The van der Waals surface area contributed by atoms with E-state index < -0.39 is 24.5 Å². The molecular weight excluding hydrogens is 346 g/mol. The predicted molar refractivity (Wildman–Crippen MR) is 92.8 cm³/mol. The standard InChI is InChI=1S/C18H16ClNO5/c1-2-24-18(23)14-5-3-4-6-15(14)20-16(21)11-25-17(22)12-7-9-13(19)10-8-12/h3-10H,2,11H2,1H3,(H,20,21). The Labute approximate surface area is 149 Å². The fraction of sp³-hybridized carbons (Fsp3) is 0.167. The van der Waals surface area contributed by atoms with Gasteiger partial charge in [-0.25, -0.2) is 9.59 Å². The van der Waals surface area contributed by atoms with Crippen LogP contribution in [0.4, 0.5) is 5.69 Å². The molecule has 130 valence electrons. The number of anilines is 1. The number of esters is 2. The zero-order valence-electron chi connectivity index (χ0n) is 13.5. The van der Waals surface area contributed by atoms with Crippen LogP contribution in [0.5, 0.6) is 0 Å². The summed E-state index contributed by atoms with van der Waals surface area (Å²) in [6.45, 7) is 1.42. The van der Waals surface area contributed by atoms with Crippen molar-refractivity contribution in [3.8, 4) is 0 Å². The number of ether oxygens (including phenoxy) is 2. The molecule has 0 spiro atoms. The minimum Gasteiger partial charge on any atom is -0.462 e. The maximum Gasteiger partial charge on any atom is 0.340 e. The normalized spacial score (nSPS) is 10.0. The number of carbonyl (C=O) groups excluding carboxylic acids is 3. The summed E-state index contributed by atoms with van der Waals surface area (Å²) in [5, 5.41) is 3.02. The summed E-state index contributed by atoms with van der Waals surface area (Å²) in [6.07, 6.45) is 0. The maximum atomic E-state index is 12.0. The lowest BCUT2D eigenvalue weighted by atomic mass is 10.2. The number of hydrogen-bond donors (Lipinski definition) is 1. The molecule has 0 radical (unpaired) electrons. The quantitative estimate of drug-likeness (QED) is 0.798. The fourth-order valence-electron chi connectivity index (χ4n) is 1.97. The number of rotatable bonds is 6. The van der Waals surface area contributed by atoms with Crippen LogP contribution in [-0.2, 0) is 14.3 Å². The third-order valence-electron chi connectivity index (χ3n) is 3.11. The molecule has 0 aliphatic carbocycles. The minimum atomic E-state index is -0.648. The summed E-state index contributed by atoms with van der Waals surface area (Å²) in [4.78, 5) is 35.7. The van der Waals surface area contributed by atoms with Crippen LogP contribution in [-0.4, -0.2) is 31.1 Å². The molecule has 0 aliphatic heterocycles. The van der Waals surface area contributed by atoms with Crippen LogP contribution < -0.4 is 5.32 Å². The van der Waals surface area contributed by atoms with Crippen LogP contribution >= 0.6 is 11.6 Å². The van der Waals surface area contributed by atoms with Gasteiger partial charge in [0.15, 0.2) is 6.61 Å². The molecular formula is C18H16ClNO5. The SMILES string of the molecule is CCOC(=O)c1ccccc1NC(=O)COC(=O)c1ccc(Cl)cc1. The van der Waals surface area contributed by atoms with Gasteiger partial charge in [-0.15, -0.1) is 0 Å². The number of hydrogen-bond acceptors (Lipinski definition) is 5. The molecule has 0 saturated carbocycles. The van der Waals surface area contributed by atoms with Gasteiger partial charge in [0, 0.05) is 5.02 Å². The molecule has 2 aromatic carbocycles. The highest BCUT2D eigenvalue weighted by Gasteiger charge is 2.15. The highest BCUT2D eigenvalue weighted by molar-refractivity contribution is 6.30. The van der Waals surface area contributed by atoms with E-state index >= 15 is 0 Å². The number of halogens is 1. The monoisotopic (exact) mass is 361 g/mol. The van der Waals surface area contributed by atoms with Crippen molar-refractivity contribution in [1.29, 1.82) is 0 Å². The van der Waals surface area contributed by atoms with Gasteiger partial charge in [0.1, 0.15) is 0 Å². The average molecular weight is 362 g/mol. The Bertz CT molecular complexity index is 773. The molecule has 0 unspecified atom stereocenters. The topological polar surface area (TPSA) is 81.7 Å². The van der Waals surface area contributed by atoms with Crippen molar-refractivity contribution < 1.29 is 23.9 Å². The highest BCUT2D eigenvalue weighted by Crippen LogP contribution is 2.16. The first-order valence-electron chi connectivity index (χ1n) is 7.50. The maximum absolute atomic E-state index is 12.0. The van der Waals surface area contributed by atoms with Crippen LogP contribution in [0.15, 0.2) is 48.5 Å². The predicted octanol–water partition coefficient (Wildman–Crippen LogP) is 3.31. The largest absolute Gasteiger partial charge is 0.462 e. The number of benzene rings is 2. The van der Waals surface area contributed by atoms with Crippen molar-refractivity contribution >= 4 is 35.1 Å².